The van der Waals surface area contributed by atoms with Crippen molar-refractivity contribution in [2.75, 3.05) is 0 Å². The van der Waals surface area contributed by atoms with Crippen LogP contribution in [0.4, 0.5) is 0 Å². The Hall–Kier alpha value is -2.18. The number of fused-ring (bicyclic) bond motifs is 7. The molecule has 0 saturated heterocycles. The molecule has 0 aromatic heterocycles. The summed E-state index contributed by atoms with van der Waals surface area (Å²) in [5.74, 6) is -1.87. The van der Waals surface area contributed by atoms with Crippen LogP contribution in [0, 0.1) is 50.2 Å². The van der Waals surface area contributed by atoms with Crippen LogP contribution in [-0.2, 0) is 23.9 Å². The molecule has 0 aromatic carbocycles. The van der Waals surface area contributed by atoms with Crippen molar-refractivity contribution in [2.24, 2.45) is 50.2 Å². The minimum atomic E-state index is -1.01. The Balaban J connectivity index is 1.49. The zero-order valence-electron chi connectivity index (χ0n) is 26.1. The van der Waals surface area contributed by atoms with Crippen molar-refractivity contribution < 1.29 is 34.1 Å². The van der Waals surface area contributed by atoms with Crippen molar-refractivity contribution in [2.45, 2.75) is 125 Å². The fourth-order valence-corrected chi connectivity index (χ4v) is 11.0. The van der Waals surface area contributed by atoms with E-state index in [-0.39, 0.29) is 69.6 Å². The molecule has 0 heterocycles. The van der Waals surface area contributed by atoms with Gasteiger partial charge in [-0.25, -0.2) is 0 Å². The molecular formula is C34H50O7. The molecule has 0 aliphatic heterocycles. The van der Waals surface area contributed by atoms with Crippen LogP contribution >= 0.6 is 0 Å². The normalized spacial score (nSPS) is 46.6. The van der Waals surface area contributed by atoms with Crippen LogP contribution in [0.2, 0.25) is 0 Å². The smallest absolute Gasteiger partial charge is 0.309 e. The van der Waals surface area contributed by atoms with E-state index < -0.39 is 23.3 Å². The Morgan fingerprint density at radius 1 is 0.878 bits per heavy atom. The van der Waals surface area contributed by atoms with Gasteiger partial charge in [-0.2, -0.15) is 0 Å². The summed E-state index contributed by atoms with van der Waals surface area (Å²) in [6.45, 7) is 15.5. The number of rotatable bonds is 5. The molecule has 7 nitrogen and oxygen atoms in total. The lowest BCUT2D eigenvalue weighted by atomic mass is 9.33. The number of carbonyl (C=O) groups excluding carboxylic acids is 2. The number of allylic oxidation sites excluding steroid dienone is 2. The largest absolute Gasteiger partial charge is 0.481 e. The van der Waals surface area contributed by atoms with E-state index in [0.29, 0.717) is 19.3 Å². The molecule has 4 fully saturated rings. The highest BCUT2D eigenvalue weighted by Crippen LogP contribution is 2.75. The lowest BCUT2D eigenvalue weighted by Crippen LogP contribution is -2.66. The Labute approximate surface area is 244 Å². The van der Waals surface area contributed by atoms with E-state index in [1.54, 1.807) is 0 Å². The van der Waals surface area contributed by atoms with E-state index in [1.807, 2.05) is 13.0 Å². The molecule has 0 radical (unpaired) electrons. The second kappa shape index (κ2) is 9.41. The molecule has 0 spiro atoms. The molecule has 9 atom stereocenters. The number of esters is 1. The number of hydrogen-bond donors (Lipinski definition) is 2. The SMILES string of the molecule is CC1(C)[C@@H](OC(=O)CCC(=O)O)CC[C@]2(C)C3C(=O)C=C4[C@@H]5C[C@](C)(C(=O)O)CC[C@]5(C)CC[C@@]4(C)[C@]3(C)CC[C@@H]12. The standard InChI is InChI=1S/C34H50O7/c1-29(2)23-10-13-34(7)27(32(23,5)12-11-24(29)41-26(38)9-8-25(36)37)22(35)18-20-21-19-31(4,28(39)40)15-14-30(21,3)16-17-33(20,34)6/h18,21,23-24,27H,8-17,19H2,1-7H3,(H,36,37)(H,39,40)/t21-,23-,24-,27?,30+,31+,32-,33+,34+/m0/s1. The van der Waals surface area contributed by atoms with Crippen molar-refractivity contribution in [3.05, 3.63) is 11.6 Å². The van der Waals surface area contributed by atoms with Gasteiger partial charge in [-0.15, -0.1) is 0 Å². The average Bonchev–Trinajstić information content (AvgIpc) is 2.86. The number of carbonyl (C=O) groups is 4. The van der Waals surface area contributed by atoms with Crippen molar-refractivity contribution in [1.29, 1.82) is 0 Å². The van der Waals surface area contributed by atoms with Gasteiger partial charge < -0.3 is 14.9 Å². The lowest BCUT2D eigenvalue weighted by Gasteiger charge is -2.70. The van der Waals surface area contributed by atoms with Crippen LogP contribution in [0.25, 0.3) is 0 Å². The third kappa shape index (κ3) is 4.25. The highest BCUT2D eigenvalue weighted by Gasteiger charge is 2.70. The fourth-order valence-electron chi connectivity index (χ4n) is 11.0. The van der Waals surface area contributed by atoms with Crippen molar-refractivity contribution in [3.8, 4) is 0 Å². The molecule has 0 aromatic rings. The molecule has 0 bridgehead atoms. The Bertz CT molecular complexity index is 1200. The van der Waals surface area contributed by atoms with Gasteiger partial charge in [0.15, 0.2) is 5.78 Å². The molecule has 7 heteroatoms. The summed E-state index contributed by atoms with van der Waals surface area (Å²) in [5, 5.41) is 19.1. The maximum atomic E-state index is 14.5. The maximum Gasteiger partial charge on any atom is 0.309 e. The number of ether oxygens (including phenoxy) is 1. The number of carboxylic acids is 2. The van der Waals surface area contributed by atoms with Gasteiger partial charge in [0.25, 0.3) is 0 Å². The molecule has 41 heavy (non-hydrogen) atoms. The van der Waals surface area contributed by atoms with E-state index in [9.17, 15) is 24.3 Å². The molecule has 5 rings (SSSR count). The molecule has 2 N–H and O–H groups in total. The van der Waals surface area contributed by atoms with Crippen LogP contribution in [0.15, 0.2) is 11.6 Å². The molecule has 228 valence electrons. The number of carboxylic acid groups (broad SMARTS) is 2. The van der Waals surface area contributed by atoms with Gasteiger partial charge in [-0.05, 0) is 104 Å². The highest BCUT2D eigenvalue weighted by molar-refractivity contribution is 5.95. The fraction of sp³-hybridized carbons (Fsp3) is 0.824. The topological polar surface area (TPSA) is 118 Å². The first-order chi connectivity index (χ1) is 18.8. The first-order valence-corrected chi connectivity index (χ1v) is 15.7. The first-order valence-electron chi connectivity index (χ1n) is 15.7. The summed E-state index contributed by atoms with van der Waals surface area (Å²) in [6.07, 6.45) is 8.80. The number of ketones is 1. The Kier molecular flexibility index (Phi) is 6.95. The molecule has 5 aliphatic carbocycles. The van der Waals surface area contributed by atoms with Gasteiger partial charge in [0.2, 0.25) is 0 Å². The Morgan fingerprint density at radius 3 is 2.17 bits per heavy atom. The quantitative estimate of drug-likeness (QED) is 0.348. The third-order valence-electron chi connectivity index (χ3n) is 13.8. The third-order valence-corrected chi connectivity index (χ3v) is 13.8. The van der Waals surface area contributed by atoms with Crippen LogP contribution < -0.4 is 0 Å². The minimum absolute atomic E-state index is 0.0233. The Morgan fingerprint density at radius 2 is 1.54 bits per heavy atom. The molecule has 4 saturated carbocycles. The second-order valence-electron chi connectivity index (χ2n) is 16.3. The van der Waals surface area contributed by atoms with Gasteiger partial charge in [0.05, 0.1) is 18.3 Å². The predicted octanol–water partition coefficient (Wildman–Crippen LogP) is 6.83. The van der Waals surface area contributed by atoms with E-state index in [4.69, 9.17) is 9.84 Å². The average molecular weight is 571 g/mol. The zero-order valence-corrected chi connectivity index (χ0v) is 26.1. The second-order valence-corrected chi connectivity index (χ2v) is 16.3. The summed E-state index contributed by atoms with van der Waals surface area (Å²) in [4.78, 5) is 50.3. The zero-order chi connectivity index (χ0) is 30.4. The van der Waals surface area contributed by atoms with E-state index in [0.717, 1.165) is 38.5 Å². The minimum Gasteiger partial charge on any atom is -0.481 e. The summed E-state index contributed by atoms with van der Waals surface area (Å²) >= 11 is 0. The van der Waals surface area contributed by atoms with Gasteiger partial charge in [0.1, 0.15) is 6.10 Å². The molecule has 5 aliphatic rings. The van der Waals surface area contributed by atoms with Gasteiger partial charge in [-0.1, -0.05) is 47.1 Å². The van der Waals surface area contributed by atoms with Crippen LogP contribution in [0.5, 0.6) is 0 Å². The number of aliphatic carboxylic acids is 2. The van der Waals surface area contributed by atoms with Crippen LogP contribution in [0.3, 0.4) is 0 Å². The monoisotopic (exact) mass is 570 g/mol. The molecule has 1 unspecified atom stereocenters. The van der Waals surface area contributed by atoms with Gasteiger partial charge >= 0.3 is 17.9 Å². The van der Waals surface area contributed by atoms with Gasteiger partial charge in [0, 0.05) is 11.3 Å². The predicted molar refractivity (Wildman–Crippen MR) is 154 cm³/mol. The van der Waals surface area contributed by atoms with Crippen LogP contribution in [-0.4, -0.2) is 40.0 Å². The van der Waals surface area contributed by atoms with E-state index >= 15 is 0 Å². The molecule has 0 amide bonds. The molecular weight excluding hydrogens is 520 g/mol. The lowest BCUT2D eigenvalue weighted by molar-refractivity contribution is -0.211. The van der Waals surface area contributed by atoms with E-state index in [1.165, 1.54) is 5.57 Å². The summed E-state index contributed by atoms with van der Waals surface area (Å²) < 4.78 is 5.91. The maximum absolute atomic E-state index is 14.5. The van der Waals surface area contributed by atoms with Gasteiger partial charge in [-0.3, -0.25) is 19.2 Å². The first kappa shape index (κ1) is 30.3. The summed E-state index contributed by atoms with van der Waals surface area (Å²) in [7, 11) is 0. The highest BCUT2D eigenvalue weighted by atomic mass is 16.5. The van der Waals surface area contributed by atoms with Crippen molar-refractivity contribution >= 4 is 23.7 Å². The van der Waals surface area contributed by atoms with Crippen molar-refractivity contribution in [3.63, 3.8) is 0 Å². The van der Waals surface area contributed by atoms with Crippen LogP contribution in [0.1, 0.15) is 119 Å². The van der Waals surface area contributed by atoms with Crippen molar-refractivity contribution in [1.82, 2.24) is 0 Å². The summed E-state index contributed by atoms with van der Waals surface area (Å²) in [6, 6.07) is 0. The van der Waals surface area contributed by atoms with E-state index in [2.05, 4.69) is 41.5 Å². The number of hydrogen-bond acceptors (Lipinski definition) is 5. The summed E-state index contributed by atoms with van der Waals surface area (Å²) in [5.41, 5.74) is -0.553.